The van der Waals surface area contributed by atoms with Crippen molar-refractivity contribution in [1.29, 1.82) is 5.26 Å². The minimum absolute atomic E-state index is 0.0400. The molecular weight excluding hydrogens is 486 g/mol. The number of carbonyl (C=O) groups excluding carboxylic acids is 1. The maximum absolute atomic E-state index is 9.40. The standard InChI is InChI=1S/C19H23N3O.C10H22O.C4H8O/c1-14-3-6-17(12-19(14)21-2)16-7-4-15(5-8-16)11-18(13-20)22-9-10-23;1-4-8-11-9-6-7-10(3)5-2;1-2-3-4-5/h3-8,12,18,21-23H,9-11H2,1-2H3;10H,4-9H2,1-3H3;4H,2-3H2,1H3. The minimum atomic E-state index is -0.275. The van der Waals surface area contributed by atoms with E-state index in [1.54, 1.807) is 0 Å². The van der Waals surface area contributed by atoms with Crippen LogP contribution in [0.4, 0.5) is 5.69 Å². The van der Waals surface area contributed by atoms with E-state index >= 15 is 0 Å². The van der Waals surface area contributed by atoms with Crippen molar-refractivity contribution in [2.24, 2.45) is 5.92 Å². The van der Waals surface area contributed by atoms with Crippen LogP contribution < -0.4 is 10.6 Å². The SMILES string of the molecule is CCCC=O.CCCOCCCC(C)CC.CNc1cc(-c2ccc(CC(C#N)NCCO)cc2)ccc1C. The van der Waals surface area contributed by atoms with E-state index < -0.39 is 0 Å². The van der Waals surface area contributed by atoms with Gasteiger partial charge in [0.1, 0.15) is 6.29 Å². The molecule has 2 aromatic rings. The topological polar surface area (TPSA) is 94.4 Å². The number of hydrogen-bond acceptors (Lipinski definition) is 6. The molecule has 0 aromatic heterocycles. The summed E-state index contributed by atoms with van der Waals surface area (Å²) in [5.41, 5.74) is 5.78. The lowest BCUT2D eigenvalue weighted by molar-refractivity contribution is -0.107. The van der Waals surface area contributed by atoms with E-state index in [2.05, 4.69) is 86.9 Å². The second kappa shape index (κ2) is 24.3. The first-order chi connectivity index (χ1) is 18.9. The maximum atomic E-state index is 9.40. The molecule has 0 spiro atoms. The molecule has 3 N–H and O–H groups in total. The van der Waals surface area contributed by atoms with Gasteiger partial charge in [0, 0.05) is 45.3 Å². The van der Waals surface area contributed by atoms with Crippen molar-refractivity contribution in [2.75, 3.05) is 38.7 Å². The lowest BCUT2D eigenvalue weighted by atomic mass is 9.99. The van der Waals surface area contributed by atoms with Crippen molar-refractivity contribution in [2.45, 2.75) is 85.6 Å². The number of aldehydes is 1. The maximum Gasteiger partial charge on any atom is 0.119 e. The van der Waals surface area contributed by atoms with Crippen molar-refractivity contribution < 1.29 is 14.6 Å². The fraction of sp³-hybridized carbons (Fsp3) is 0.576. The largest absolute Gasteiger partial charge is 0.395 e. The first-order valence-corrected chi connectivity index (χ1v) is 14.5. The fourth-order valence-electron chi connectivity index (χ4n) is 3.64. The summed E-state index contributed by atoms with van der Waals surface area (Å²) in [6.07, 6.45) is 8.24. The number of aliphatic hydroxyl groups excluding tert-OH is 1. The van der Waals surface area contributed by atoms with E-state index in [9.17, 15) is 4.79 Å². The fourth-order valence-corrected chi connectivity index (χ4v) is 3.64. The van der Waals surface area contributed by atoms with Crippen LogP contribution >= 0.6 is 0 Å². The Balaban J connectivity index is 0.000000750. The Morgan fingerprint density at radius 1 is 1.05 bits per heavy atom. The summed E-state index contributed by atoms with van der Waals surface area (Å²) < 4.78 is 5.38. The molecule has 2 aromatic carbocycles. The van der Waals surface area contributed by atoms with Crippen molar-refractivity contribution in [1.82, 2.24) is 5.32 Å². The third-order valence-corrected chi connectivity index (χ3v) is 6.33. The summed E-state index contributed by atoms with van der Waals surface area (Å²) in [6, 6.07) is 16.6. The summed E-state index contributed by atoms with van der Waals surface area (Å²) in [6.45, 7) is 13.1. The lowest BCUT2D eigenvalue weighted by Gasteiger charge is -2.12. The second-order valence-electron chi connectivity index (χ2n) is 9.76. The van der Waals surface area contributed by atoms with Crippen LogP contribution in [0, 0.1) is 24.2 Å². The molecule has 0 aliphatic heterocycles. The van der Waals surface area contributed by atoms with Gasteiger partial charge in [0.05, 0.1) is 18.7 Å². The van der Waals surface area contributed by atoms with Gasteiger partial charge in [0.2, 0.25) is 0 Å². The highest BCUT2D eigenvalue weighted by Crippen LogP contribution is 2.25. The number of benzene rings is 2. The summed E-state index contributed by atoms with van der Waals surface area (Å²) in [7, 11) is 1.93. The van der Waals surface area contributed by atoms with Crippen LogP contribution in [0.3, 0.4) is 0 Å². The minimum Gasteiger partial charge on any atom is -0.395 e. The quantitative estimate of drug-likeness (QED) is 0.158. The average Bonchev–Trinajstić information content (AvgIpc) is 2.96. The number of anilines is 1. The molecule has 0 saturated carbocycles. The molecule has 2 unspecified atom stereocenters. The van der Waals surface area contributed by atoms with Crippen molar-refractivity contribution in [3.8, 4) is 17.2 Å². The zero-order chi connectivity index (χ0) is 29.3. The summed E-state index contributed by atoms with van der Waals surface area (Å²) in [5, 5.41) is 24.2. The molecular formula is C33H53N3O3. The van der Waals surface area contributed by atoms with Crippen LogP contribution in [0.2, 0.25) is 0 Å². The van der Waals surface area contributed by atoms with Gasteiger partial charge in [-0.15, -0.1) is 0 Å². The molecule has 0 bridgehead atoms. The number of rotatable bonds is 16. The summed E-state index contributed by atoms with van der Waals surface area (Å²) in [4.78, 5) is 9.40. The van der Waals surface area contributed by atoms with Gasteiger partial charge in [0.15, 0.2) is 0 Å². The van der Waals surface area contributed by atoms with E-state index in [1.807, 2.05) is 14.0 Å². The van der Waals surface area contributed by atoms with Crippen LogP contribution in [0.1, 0.15) is 77.3 Å². The van der Waals surface area contributed by atoms with Gasteiger partial charge in [-0.3, -0.25) is 5.32 Å². The lowest BCUT2D eigenvalue weighted by Crippen LogP contribution is -2.31. The predicted molar refractivity (Wildman–Crippen MR) is 165 cm³/mol. The van der Waals surface area contributed by atoms with Gasteiger partial charge >= 0.3 is 0 Å². The van der Waals surface area contributed by atoms with Crippen molar-refractivity contribution in [3.05, 3.63) is 53.6 Å². The number of carbonyl (C=O) groups is 1. The smallest absolute Gasteiger partial charge is 0.119 e. The highest BCUT2D eigenvalue weighted by molar-refractivity contribution is 5.70. The highest BCUT2D eigenvalue weighted by Gasteiger charge is 2.08. The van der Waals surface area contributed by atoms with Gasteiger partial charge in [-0.25, -0.2) is 0 Å². The number of aryl methyl sites for hydroxylation is 1. The number of nitriles is 1. The van der Waals surface area contributed by atoms with Gasteiger partial charge in [-0.2, -0.15) is 5.26 Å². The number of aliphatic hydroxyl groups is 1. The average molecular weight is 540 g/mol. The highest BCUT2D eigenvalue weighted by atomic mass is 16.5. The first kappa shape index (κ1) is 36.3. The molecule has 2 atom stereocenters. The zero-order valence-corrected chi connectivity index (χ0v) is 25.3. The van der Waals surface area contributed by atoms with E-state index in [0.29, 0.717) is 19.4 Å². The Labute approximate surface area is 238 Å². The first-order valence-electron chi connectivity index (χ1n) is 14.5. The van der Waals surface area contributed by atoms with Crippen LogP contribution in [0.15, 0.2) is 42.5 Å². The second-order valence-corrected chi connectivity index (χ2v) is 9.76. The molecule has 0 heterocycles. The number of nitrogens with zero attached hydrogens (tertiary/aromatic N) is 1. The van der Waals surface area contributed by atoms with Crippen molar-refractivity contribution >= 4 is 12.0 Å². The Hall–Kier alpha value is -2.72. The van der Waals surface area contributed by atoms with E-state index in [0.717, 1.165) is 55.1 Å². The monoisotopic (exact) mass is 539 g/mol. The zero-order valence-electron chi connectivity index (χ0n) is 25.3. The van der Waals surface area contributed by atoms with Crippen LogP contribution in [-0.4, -0.2) is 50.8 Å². The molecule has 6 heteroatoms. The number of ether oxygens (including phenoxy) is 1. The van der Waals surface area contributed by atoms with E-state index in [4.69, 9.17) is 15.1 Å². The molecule has 0 radical (unpaired) electrons. The third kappa shape index (κ3) is 17.5. The van der Waals surface area contributed by atoms with Gasteiger partial charge < -0.3 is 20.0 Å². The molecule has 6 nitrogen and oxygen atoms in total. The van der Waals surface area contributed by atoms with Crippen LogP contribution in [-0.2, 0) is 16.0 Å². The molecule has 0 amide bonds. The summed E-state index contributed by atoms with van der Waals surface area (Å²) in [5.74, 6) is 0.875. The molecule has 2 rings (SSSR count). The molecule has 218 valence electrons. The van der Waals surface area contributed by atoms with E-state index in [-0.39, 0.29) is 12.6 Å². The Morgan fingerprint density at radius 3 is 2.26 bits per heavy atom. The predicted octanol–water partition coefficient (Wildman–Crippen LogP) is 6.95. The Bertz CT molecular complexity index is 909. The van der Waals surface area contributed by atoms with Gasteiger partial charge in [-0.05, 0) is 66.8 Å². The summed E-state index contributed by atoms with van der Waals surface area (Å²) >= 11 is 0. The van der Waals surface area contributed by atoms with Crippen LogP contribution in [0.25, 0.3) is 11.1 Å². The molecule has 0 aliphatic rings. The molecule has 0 aliphatic carbocycles. The number of nitrogens with one attached hydrogen (secondary N) is 2. The Morgan fingerprint density at radius 2 is 1.74 bits per heavy atom. The number of unbranched alkanes of at least 4 members (excludes halogenated alkanes) is 1. The van der Waals surface area contributed by atoms with Gasteiger partial charge in [-0.1, -0.05) is 70.5 Å². The third-order valence-electron chi connectivity index (χ3n) is 6.33. The van der Waals surface area contributed by atoms with Gasteiger partial charge in [0.25, 0.3) is 0 Å². The molecule has 39 heavy (non-hydrogen) atoms. The van der Waals surface area contributed by atoms with E-state index in [1.165, 1.54) is 30.4 Å². The van der Waals surface area contributed by atoms with Crippen molar-refractivity contribution in [3.63, 3.8) is 0 Å². The normalized spacial score (nSPS) is 11.6. The van der Waals surface area contributed by atoms with Crippen LogP contribution in [0.5, 0.6) is 0 Å². The molecule has 0 saturated heterocycles. The Kier molecular flexibility index (Phi) is 22.6. The molecule has 0 fully saturated rings. The number of hydrogen-bond donors (Lipinski definition) is 3.